The van der Waals surface area contributed by atoms with Gasteiger partial charge in [-0.15, -0.1) is 0 Å². The van der Waals surface area contributed by atoms with E-state index in [1.807, 2.05) is 0 Å². The minimum atomic E-state index is 0.125. The molecule has 0 radical (unpaired) electrons. The number of ether oxygens (including phenoxy) is 1. The van der Waals surface area contributed by atoms with Crippen molar-refractivity contribution in [2.24, 2.45) is 0 Å². The summed E-state index contributed by atoms with van der Waals surface area (Å²) in [5.74, 6) is 0.125. The lowest BCUT2D eigenvalue weighted by molar-refractivity contribution is 0.0393. The normalized spacial score (nSPS) is 15.2. The van der Waals surface area contributed by atoms with E-state index in [0.717, 1.165) is 39.3 Å². The lowest BCUT2D eigenvalue weighted by Gasteiger charge is -2.25. The van der Waals surface area contributed by atoms with E-state index in [-0.39, 0.29) is 5.95 Å². The first-order chi connectivity index (χ1) is 9.26. The Hall–Kier alpha value is -1.86. The van der Waals surface area contributed by atoms with Gasteiger partial charge < -0.3 is 15.9 Å². The van der Waals surface area contributed by atoms with E-state index < -0.39 is 0 Å². The van der Waals surface area contributed by atoms with Crippen molar-refractivity contribution < 1.29 is 9.53 Å². The molecule has 2 rings (SSSR count). The number of aromatic nitrogens is 2. The van der Waals surface area contributed by atoms with Crippen LogP contribution in [0.25, 0.3) is 0 Å². The summed E-state index contributed by atoms with van der Waals surface area (Å²) in [4.78, 5) is 19.5. The summed E-state index contributed by atoms with van der Waals surface area (Å²) in [5, 5.41) is 6.84. The number of nitrogens with zero attached hydrogens (tertiary/aromatic N) is 3. The van der Waals surface area contributed by atoms with Gasteiger partial charge in [0.15, 0.2) is 6.29 Å². The van der Waals surface area contributed by atoms with E-state index >= 15 is 0 Å². The summed E-state index contributed by atoms with van der Waals surface area (Å²) >= 11 is 0. The first kappa shape index (κ1) is 15.2. The zero-order chi connectivity index (χ0) is 13.9. The maximum absolute atomic E-state index is 10.0. The lowest BCUT2D eigenvalue weighted by atomic mass is 10.3. The van der Waals surface area contributed by atoms with Crippen molar-refractivity contribution in [2.45, 2.75) is 6.42 Å². The molecule has 0 spiro atoms. The number of nitrogen functional groups attached to an aromatic ring is 1. The molecule has 1 saturated heterocycles. The summed E-state index contributed by atoms with van der Waals surface area (Å²) in [6.07, 6.45) is 4.40. The average Bonchev–Trinajstić information content (AvgIpc) is 2.47. The van der Waals surface area contributed by atoms with Crippen molar-refractivity contribution >= 4 is 18.4 Å². The Morgan fingerprint density at radius 2 is 2.21 bits per heavy atom. The fraction of sp³-hybridized carbons (Fsp3) is 0.500. The largest absolute Gasteiger partial charge is 0.379 e. The van der Waals surface area contributed by atoms with Gasteiger partial charge >= 0.3 is 0 Å². The summed E-state index contributed by atoms with van der Waals surface area (Å²) in [7, 11) is 0. The van der Waals surface area contributed by atoms with Crippen LogP contribution < -0.4 is 5.73 Å². The van der Waals surface area contributed by atoms with Gasteiger partial charge in [-0.2, -0.15) is 0 Å². The lowest BCUT2D eigenvalue weighted by Crippen LogP contribution is -2.36. The Kier molecular flexibility index (Phi) is 7.30. The van der Waals surface area contributed by atoms with Gasteiger partial charge in [-0.05, 0) is 18.7 Å². The molecule has 0 aromatic carbocycles. The quantitative estimate of drug-likeness (QED) is 0.596. The minimum absolute atomic E-state index is 0.125. The first-order valence-corrected chi connectivity index (χ1v) is 6.09. The molecular weight excluding hydrogens is 246 g/mol. The molecule has 1 fully saturated rings. The van der Waals surface area contributed by atoms with Crippen LogP contribution in [-0.2, 0) is 4.74 Å². The zero-order valence-electron chi connectivity index (χ0n) is 10.8. The highest BCUT2D eigenvalue weighted by molar-refractivity contribution is 5.71. The van der Waals surface area contributed by atoms with Crippen LogP contribution in [0.3, 0.4) is 0 Å². The standard InChI is InChI=1S/C7H14N2O.C5H5N3O/c8-2-1-3-9-4-6-10-7-5-9;6-5-7-2-1-4(3-9)8-5/h2,8H,1,3-7H2;1-3H,(H2,6,7,8). The smallest absolute Gasteiger partial charge is 0.220 e. The maximum atomic E-state index is 10.0. The highest BCUT2D eigenvalue weighted by Crippen LogP contribution is 1.96. The number of carbonyl (C=O) groups excluding carboxylic acids is 1. The predicted octanol–water partition coefficient (Wildman–Crippen LogP) is 0.230. The molecule has 0 atom stereocenters. The van der Waals surface area contributed by atoms with Gasteiger partial charge in [0, 0.05) is 25.8 Å². The van der Waals surface area contributed by atoms with Crippen molar-refractivity contribution in [2.75, 3.05) is 38.6 Å². The summed E-state index contributed by atoms with van der Waals surface area (Å²) in [6, 6.07) is 1.49. The molecule has 2 heterocycles. The van der Waals surface area contributed by atoms with Crippen LogP contribution >= 0.6 is 0 Å². The Labute approximate surface area is 112 Å². The van der Waals surface area contributed by atoms with Gasteiger partial charge in [-0.25, -0.2) is 9.97 Å². The molecule has 0 amide bonds. The molecule has 7 nitrogen and oxygen atoms in total. The second-order valence-corrected chi connectivity index (χ2v) is 3.90. The van der Waals surface area contributed by atoms with Gasteiger partial charge in [-0.1, -0.05) is 0 Å². The third-order valence-electron chi connectivity index (χ3n) is 2.51. The Bertz CT molecular complexity index is 393. The fourth-order valence-corrected chi connectivity index (χ4v) is 1.53. The molecule has 3 N–H and O–H groups in total. The third-order valence-corrected chi connectivity index (χ3v) is 2.51. The van der Waals surface area contributed by atoms with Crippen LogP contribution in [0.4, 0.5) is 5.95 Å². The molecule has 0 saturated carbocycles. The number of carbonyl (C=O) groups is 1. The van der Waals surface area contributed by atoms with Crippen molar-refractivity contribution in [1.29, 1.82) is 5.41 Å². The monoisotopic (exact) mass is 265 g/mol. The van der Waals surface area contributed by atoms with E-state index in [0.29, 0.717) is 12.0 Å². The Morgan fingerprint density at radius 1 is 1.47 bits per heavy atom. The van der Waals surface area contributed by atoms with E-state index in [1.165, 1.54) is 18.5 Å². The van der Waals surface area contributed by atoms with Gasteiger partial charge in [0.1, 0.15) is 5.69 Å². The number of rotatable bonds is 4. The van der Waals surface area contributed by atoms with Gasteiger partial charge in [0.05, 0.1) is 13.2 Å². The fourth-order valence-electron chi connectivity index (χ4n) is 1.53. The van der Waals surface area contributed by atoms with E-state index in [2.05, 4.69) is 14.9 Å². The Morgan fingerprint density at radius 3 is 2.74 bits per heavy atom. The number of aldehydes is 1. The van der Waals surface area contributed by atoms with Crippen molar-refractivity contribution in [3.63, 3.8) is 0 Å². The number of morpholine rings is 1. The highest BCUT2D eigenvalue weighted by Gasteiger charge is 2.07. The second kappa shape index (κ2) is 9.12. The third kappa shape index (κ3) is 6.58. The molecule has 1 aliphatic heterocycles. The van der Waals surface area contributed by atoms with E-state index in [9.17, 15) is 4.79 Å². The van der Waals surface area contributed by atoms with Gasteiger partial charge in [0.25, 0.3) is 0 Å². The van der Waals surface area contributed by atoms with Crippen LogP contribution in [0.15, 0.2) is 12.3 Å². The van der Waals surface area contributed by atoms with Gasteiger partial charge in [0.2, 0.25) is 5.95 Å². The average molecular weight is 265 g/mol. The second-order valence-electron chi connectivity index (χ2n) is 3.90. The summed E-state index contributed by atoms with van der Waals surface area (Å²) in [6.45, 7) is 4.81. The number of nitrogens with one attached hydrogen (secondary N) is 1. The molecule has 0 unspecified atom stereocenters. The number of hydrogen-bond donors (Lipinski definition) is 2. The van der Waals surface area contributed by atoms with Crippen molar-refractivity contribution in [3.05, 3.63) is 18.0 Å². The molecular formula is C12H19N5O2. The molecule has 0 aliphatic carbocycles. The summed E-state index contributed by atoms with van der Waals surface area (Å²) < 4.78 is 5.18. The molecule has 1 aromatic heterocycles. The molecule has 1 aromatic rings. The molecule has 1 aliphatic rings. The molecule has 0 bridgehead atoms. The number of hydrogen-bond acceptors (Lipinski definition) is 7. The van der Waals surface area contributed by atoms with Crippen LogP contribution in [0.1, 0.15) is 16.9 Å². The molecule has 19 heavy (non-hydrogen) atoms. The maximum Gasteiger partial charge on any atom is 0.220 e. The van der Waals surface area contributed by atoms with Crippen molar-refractivity contribution in [3.8, 4) is 0 Å². The van der Waals surface area contributed by atoms with Crippen LogP contribution in [0.2, 0.25) is 0 Å². The van der Waals surface area contributed by atoms with Gasteiger partial charge in [-0.3, -0.25) is 9.69 Å². The van der Waals surface area contributed by atoms with Crippen LogP contribution in [0, 0.1) is 5.41 Å². The molecule has 104 valence electrons. The van der Waals surface area contributed by atoms with E-state index in [4.69, 9.17) is 15.9 Å². The molecule has 7 heteroatoms. The highest BCUT2D eigenvalue weighted by atomic mass is 16.5. The first-order valence-electron chi connectivity index (χ1n) is 6.09. The van der Waals surface area contributed by atoms with Crippen molar-refractivity contribution in [1.82, 2.24) is 14.9 Å². The number of anilines is 1. The number of nitrogens with two attached hydrogens (primary N) is 1. The van der Waals surface area contributed by atoms with E-state index in [1.54, 1.807) is 0 Å². The zero-order valence-corrected chi connectivity index (χ0v) is 10.8. The van der Waals surface area contributed by atoms with Crippen LogP contribution in [0.5, 0.6) is 0 Å². The topological polar surface area (TPSA) is 105 Å². The Balaban J connectivity index is 0.000000191. The summed E-state index contributed by atoms with van der Waals surface area (Å²) in [5.41, 5.74) is 5.46. The minimum Gasteiger partial charge on any atom is -0.379 e. The SMILES string of the molecule is N=CCCN1CCOCC1.Nc1nccc(C=O)n1. The van der Waals surface area contributed by atoms with Crippen LogP contribution in [-0.4, -0.2) is 60.2 Å². The predicted molar refractivity (Wildman–Crippen MR) is 72.5 cm³/mol.